The molecule has 2 aromatic heterocycles. The van der Waals surface area contributed by atoms with Crippen LogP contribution in [0.3, 0.4) is 0 Å². The van der Waals surface area contributed by atoms with Gasteiger partial charge >= 0.3 is 0 Å². The number of aromatic nitrogens is 2. The van der Waals surface area contributed by atoms with Gasteiger partial charge in [0.15, 0.2) is 0 Å². The number of hydrogen-bond donors (Lipinski definition) is 1. The minimum Gasteiger partial charge on any atom is -0.493 e. The Balaban J connectivity index is 1.63. The van der Waals surface area contributed by atoms with E-state index in [2.05, 4.69) is 77.1 Å². The van der Waals surface area contributed by atoms with Crippen molar-refractivity contribution < 1.29 is 4.74 Å². The Bertz CT molecular complexity index is 1290. The molecule has 0 spiro atoms. The van der Waals surface area contributed by atoms with Crippen molar-refractivity contribution in [1.29, 1.82) is 0 Å². The van der Waals surface area contributed by atoms with Gasteiger partial charge in [0, 0.05) is 56.1 Å². The molecule has 1 saturated heterocycles. The Morgan fingerprint density at radius 1 is 1.03 bits per heavy atom. The first-order valence-electron chi connectivity index (χ1n) is 11.9. The first kappa shape index (κ1) is 22.8. The van der Waals surface area contributed by atoms with E-state index in [1.54, 1.807) is 6.20 Å². The zero-order valence-corrected chi connectivity index (χ0v) is 20.8. The van der Waals surface area contributed by atoms with Gasteiger partial charge < -0.3 is 19.5 Å². The van der Waals surface area contributed by atoms with Crippen molar-refractivity contribution in [3.8, 4) is 28.1 Å². The van der Waals surface area contributed by atoms with Gasteiger partial charge in [-0.3, -0.25) is 0 Å². The lowest BCUT2D eigenvalue weighted by molar-refractivity contribution is 0.271. The Kier molecular flexibility index (Phi) is 6.48. The second kappa shape index (κ2) is 9.69. The Morgan fingerprint density at radius 2 is 1.79 bits per heavy atom. The molecule has 1 aliphatic rings. The first-order chi connectivity index (χ1) is 16.5. The number of rotatable bonds is 6. The molecule has 5 rings (SSSR count). The van der Waals surface area contributed by atoms with Crippen LogP contribution in [-0.2, 0) is 7.05 Å². The molecule has 0 unspecified atom stereocenters. The molecule has 2 aromatic carbocycles. The van der Waals surface area contributed by atoms with E-state index in [0.717, 1.165) is 65.3 Å². The van der Waals surface area contributed by atoms with Gasteiger partial charge in [-0.15, -0.1) is 0 Å². The molecule has 0 bridgehead atoms. The normalized spacial score (nSPS) is 14.2. The number of nitrogens with one attached hydrogen (secondary N) is 1. The predicted molar refractivity (Wildman–Crippen MR) is 142 cm³/mol. The molecule has 3 heterocycles. The second-order valence-electron chi connectivity index (χ2n) is 9.29. The zero-order valence-electron chi connectivity index (χ0n) is 20.0. The molecule has 0 saturated carbocycles. The van der Waals surface area contributed by atoms with Crippen molar-refractivity contribution in [2.24, 2.45) is 13.0 Å². The number of hydrogen-bond acceptors (Lipinski definition) is 4. The van der Waals surface area contributed by atoms with Crippen LogP contribution in [0.4, 0.5) is 5.69 Å². The van der Waals surface area contributed by atoms with Crippen LogP contribution in [0, 0.1) is 5.92 Å². The number of nitrogens with zero attached hydrogens (tertiary/aromatic N) is 3. The molecule has 0 radical (unpaired) electrons. The van der Waals surface area contributed by atoms with E-state index in [1.165, 1.54) is 5.69 Å². The van der Waals surface area contributed by atoms with Gasteiger partial charge in [0.05, 0.1) is 17.3 Å². The van der Waals surface area contributed by atoms with Crippen LogP contribution in [-0.4, -0.2) is 42.3 Å². The minimum atomic E-state index is 0.463. The molecule has 0 atom stereocenters. The summed E-state index contributed by atoms with van der Waals surface area (Å²) in [6, 6.07) is 19.0. The summed E-state index contributed by atoms with van der Waals surface area (Å²) >= 11 is 6.76. The van der Waals surface area contributed by atoms with Gasteiger partial charge in [-0.05, 0) is 47.4 Å². The van der Waals surface area contributed by atoms with Crippen molar-refractivity contribution >= 4 is 28.3 Å². The van der Waals surface area contributed by atoms with Crippen molar-refractivity contribution in [1.82, 2.24) is 14.9 Å². The fraction of sp³-hybridized carbons (Fsp3) is 0.321. The highest BCUT2D eigenvalue weighted by molar-refractivity contribution is 6.37. The number of fused-ring (bicyclic) bond motifs is 1. The molecule has 0 aliphatic carbocycles. The second-order valence-corrected chi connectivity index (χ2v) is 9.70. The quantitative estimate of drug-likeness (QED) is 0.372. The molecule has 176 valence electrons. The summed E-state index contributed by atoms with van der Waals surface area (Å²) < 4.78 is 8.19. The number of pyridine rings is 1. The van der Waals surface area contributed by atoms with Crippen molar-refractivity contribution in [3.63, 3.8) is 0 Å². The summed E-state index contributed by atoms with van der Waals surface area (Å²) in [7, 11) is 2.06. The molecule has 1 fully saturated rings. The highest BCUT2D eigenvalue weighted by atomic mass is 35.5. The highest BCUT2D eigenvalue weighted by Gasteiger charge is 2.22. The third kappa shape index (κ3) is 4.38. The number of ether oxygens (including phenoxy) is 1. The van der Waals surface area contributed by atoms with Gasteiger partial charge in [0.2, 0.25) is 0 Å². The lowest BCUT2D eigenvalue weighted by atomic mass is 9.98. The van der Waals surface area contributed by atoms with Gasteiger partial charge in [-0.25, -0.2) is 4.98 Å². The van der Waals surface area contributed by atoms with Crippen LogP contribution in [0.1, 0.15) is 13.8 Å². The summed E-state index contributed by atoms with van der Waals surface area (Å²) in [4.78, 5) is 7.11. The fourth-order valence-electron chi connectivity index (χ4n) is 4.68. The van der Waals surface area contributed by atoms with E-state index in [0.29, 0.717) is 17.5 Å². The molecule has 6 heteroatoms. The summed E-state index contributed by atoms with van der Waals surface area (Å²) in [6.45, 7) is 9.09. The van der Waals surface area contributed by atoms with Crippen molar-refractivity contribution in [2.45, 2.75) is 13.8 Å². The van der Waals surface area contributed by atoms with Gasteiger partial charge in [-0.1, -0.05) is 49.7 Å². The smallest absolute Gasteiger partial charge is 0.142 e. The van der Waals surface area contributed by atoms with Crippen LogP contribution in [0.5, 0.6) is 5.75 Å². The molecule has 34 heavy (non-hydrogen) atoms. The van der Waals surface area contributed by atoms with Gasteiger partial charge in [0.1, 0.15) is 11.4 Å². The monoisotopic (exact) mass is 474 g/mol. The number of halogens is 1. The molecule has 1 N–H and O–H groups in total. The van der Waals surface area contributed by atoms with Crippen LogP contribution >= 0.6 is 11.6 Å². The maximum atomic E-state index is 6.76. The standard InChI is InChI=1S/C28H31ClN4O/c1-19(2)18-34-23-6-4-5-21(17-23)25-26-24(29)11-12-31-28(26)32(3)27(25)20-7-9-22(10-8-20)33-15-13-30-14-16-33/h4-12,17,19,30H,13-16,18H2,1-3H3. The predicted octanol–water partition coefficient (Wildman–Crippen LogP) is 6.01. The average Bonchev–Trinajstić information content (AvgIpc) is 3.17. The SMILES string of the molecule is CC(C)COc1cccc(-c2c(-c3ccc(N4CCNCC4)cc3)n(C)c3nccc(Cl)c23)c1. The maximum Gasteiger partial charge on any atom is 0.142 e. The first-order valence-corrected chi connectivity index (χ1v) is 12.3. The summed E-state index contributed by atoms with van der Waals surface area (Å²) in [5, 5.41) is 5.09. The molecule has 0 amide bonds. The minimum absolute atomic E-state index is 0.463. The Hall–Kier alpha value is -3.02. The lowest BCUT2D eigenvalue weighted by Gasteiger charge is -2.29. The fourth-order valence-corrected chi connectivity index (χ4v) is 4.92. The highest BCUT2D eigenvalue weighted by Crippen LogP contribution is 2.43. The molecule has 5 nitrogen and oxygen atoms in total. The summed E-state index contributed by atoms with van der Waals surface area (Å²) in [5.41, 5.74) is 6.52. The lowest BCUT2D eigenvalue weighted by Crippen LogP contribution is -2.43. The number of piperazine rings is 1. The van der Waals surface area contributed by atoms with E-state index in [9.17, 15) is 0 Å². The molecular weight excluding hydrogens is 444 g/mol. The zero-order chi connectivity index (χ0) is 23.7. The third-order valence-corrected chi connectivity index (χ3v) is 6.66. The Morgan fingerprint density at radius 3 is 2.53 bits per heavy atom. The number of anilines is 1. The topological polar surface area (TPSA) is 42.3 Å². The van der Waals surface area contributed by atoms with Crippen LogP contribution in [0.25, 0.3) is 33.4 Å². The molecular formula is C28H31ClN4O. The molecule has 1 aliphatic heterocycles. The van der Waals surface area contributed by atoms with Crippen LogP contribution in [0.15, 0.2) is 60.8 Å². The van der Waals surface area contributed by atoms with Crippen molar-refractivity contribution in [2.75, 3.05) is 37.7 Å². The van der Waals surface area contributed by atoms with E-state index in [4.69, 9.17) is 16.3 Å². The van der Waals surface area contributed by atoms with Gasteiger partial charge in [0.25, 0.3) is 0 Å². The third-order valence-electron chi connectivity index (χ3n) is 6.35. The van der Waals surface area contributed by atoms with E-state index < -0.39 is 0 Å². The maximum absolute atomic E-state index is 6.76. The number of benzene rings is 2. The van der Waals surface area contributed by atoms with Crippen molar-refractivity contribution in [3.05, 3.63) is 65.8 Å². The van der Waals surface area contributed by atoms with Gasteiger partial charge in [-0.2, -0.15) is 0 Å². The summed E-state index contributed by atoms with van der Waals surface area (Å²) in [5.74, 6) is 1.33. The summed E-state index contributed by atoms with van der Waals surface area (Å²) in [6.07, 6.45) is 1.77. The van der Waals surface area contributed by atoms with E-state index >= 15 is 0 Å². The average molecular weight is 475 g/mol. The van der Waals surface area contributed by atoms with E-state index in [1.807, 2.05) is 18.2 Å². The Labute approximate surface area is 206 Å². The van der Waals surface area contributed by atoms with Crippen LogP contribution in [0.2, 0.25) is 5.02 Å². The van der Waals surface area contributed by atoms with Crippen LogP contribution < -0.4 is 15.0 Å². The number of aryl methyl sites for hydroxylation is 1. The van der Waals surface area contributed by atoms with E-state index in [-0.39, 0.29) is 0 Å². The largest absolute Gasteiger partial charge is 0.493 e. The molecule has 4 aromatic rings.